The Hall–Kier alpha value is -0.930. The summed E-state index contributed by atoms with van der Waals surface area (Å²) in [5.41, 5.74) is 2.08. The lowest BCUT2D eigenvalue weighted by Gasteiger charge is -2.12. The number of aryl methyl sites for hydroxylation is 1. The van der Waals surface area contributed by atoms with Crippen LogP contribution in [0.1, 0.15) is 21.7 Å². The molecule has 1 aromatic carbocycles. The lowest BCUT2D eigenvalue weighted by molar-refractivity contribution is 0.414. The second kappa shape index (κ2) is 5.15. The SMILES string of the molecule is COc1ccc(C(Br)c2ccoc2C)c(Cl)c1. The Bertz CT molecular complexity index is 522. The Morgan fingerprint density at radius 1 is 1.29 bits per heavy atom. The summed E-state index contributed by atoms with van der Waals surface area (Å²) in [4.78, 5) is 0.0275. The molecule has 0 amide bonds. The molecule has 0 aliphatic rings. The van der Waals surface area contributed by atoms with E-state index < -0.39 is 0 Å². The molecule has 2 aromatic rings. The van der Waals surface area contributed by atoms with Gasteiger partial charge in [0.15, 0.2) is 0 Å². The van der Waals surface area contributed by atoms with Gasteiger partial charge in [-0.25, -0.2) is 0 Å². The second-order valence-electron chi connectivity index (χ2n) is 3.68. The van der Waals surface area contributed by atoms with Gasteiger partial charge in [0.1, 0.15) is 11.5 Å². The summed E-state index contributed by atoms with van der Waals surface area (Å²) in [6.07, 6.45) is 1.68. The predicted octanol–water partition coefficient (Wildman–Crippen LogP) is 4.73. The fourth-order valence-electron chi connectivity index (χ4n) is 1.67. The summed E-state index contributed by atoms with van der Waals surface area (Å²) in [5, 5.41) is 0.673. The summed E-state index contributed by atoms with van der Waals surface area (Å²) in [6.45, 7) is 1.93. The first-order chi connectivity index (χ1) is 8.13. The standard InChI is InChI=1S/C13H12BrClO2/c1-8-10(5-6-17-8)13(14)11-4-3-9(16-2)7-12(11)15/h3-7,13H,1-2H3. The number of methoxy groups -OCH3 is 1. The maximum absolute atomic E-state index is 6.23. The van der Waals surface area contributed by atoms with Gasteiger partial charge >= 0.3 is 0 Å². The van der Waals surface area contributed by atoms with Crippen molar-refractivity contribution in [2.45, 2.75) is 11.8 Å². The Kier molecular flexibility index (Phi) is 3.79. The van der Waals surface area contributed by atoms with Crippen molar-refractivity contribution >= 4 is 27.5 Å². The van der Waals surface area contributed by atoms with E-state index in [1.807, 2.05) is 25.1 Å². The van der Waals surface area contributed by atoms with E-state index in [2.05, 4.69) is 15.9 Å². The van der Waals surface area contributed by atoms with Crippen LogP contribution >= 0.6 is 27.5 Å². The van der Waals surface area contributed by atoms with Crippen LogP contribution in [-0.2, 0) is 0 Å². The van der Waals surface area contributed by atoms with Crippen molar-refractivity contribution < 1.29 is 9.15 Å². The number of ether oxygens (including phenoxy) is 1. The molecule has 0 fully saturated rings. The fourth-order valence-corrected chi connectivity index (χ4v) is 2.95. The monoisotopic (exact) mass is 314 g/mol. The minimum Gasteiger partial charge on any atom is -0.497 e. The molecule has 0 aliphatic carbocycles. The van der Waals surface area contributed by atoms with Gasteiger partial charge in [0.2, 0.25) is 0 Å². The summed E-state index contributed by atoms with van der Waals surface area (Å²) >= 11 is 9.87. The first-order valence-electron chi connectivity index (χ1n) is 5.15. The third-order valence-corrected chi connectivity index (χ3v) is 3.97. The largest absolute Gasteiger partial charge is 0.497 e. The van der Waals surface area contributed by atoms with Crippen molar-refractivity contribution in [1.82, 2.24) is 0 Å². The smallest absolute Gasteiger partial charge is 0.120 e. The van der Waals surface area contributed by atoms with Crippen LogP contribution in [0, 0.1) is 6.92 Å². The zero-order valence-corrected chi connectivity index (χ0v) is 11.9. The van der Waals surface area contributed by atoms with Gasteiger partial charge in [-0.15, -0.1) is 0 Å². The molecule has 0 aliphatic heterocycles. The first-order valence-corrected chi connectivity index (χ1v) is 6.44. The molecule has 90 valence electrons. The molecule has 1 atom stereocenters. The minimum atomic E-state index is 0.0275. The summed E-state index contributed by atoms with van der Waals surface area (Å²) in [5.74, 6) is 1.64. The third-order valence-electron chi connectivity index (χ3n) is 2.65. The zero-order chi connectivity index (χ0) is 12.4. The molecule has 0 bridgehead atoms. The number of furan rings is 1. The third kappa shape index (κ3) is 2.50. The maximum Gasteiger partial charge on any atom is 0.120 e. The van der Waals surface area contributed by atoms with Crippen molar-refractivity contribution in [3.05, 3.63) is 52.4 Å². The maximum atomic E-state index is 6.23. The highest BCUT2D eigenvalue weighted by Crippen LogP contribution is 2.38. The zero-order valence-electron chi connectivity index (χ0n) is 9.54. The van der Waals surface area contributed by atoms with Crippen LogP contribution in [0.5, 0.6) is 5.75 Å². The summed E-state index contributed by atoms with van der Waals surface area (Å²) in [7, 11) is 1.62. The number of hydrogen-bond acceptors (Lipinski definition) is 2. The molecule has 2 nitrogen and oxygen atoms in total. The van der Waals surface area contributed by atoms with E-state index in [1.54, 1.807) is 19.4 Å². The molecule has 0 N–H and O–H groups in total. The molecule has 0 saturated heterocycles. The normalized spacial score (nSPS) is 12.5. The molecule has 0 spiro atoms. The lowest BCUT2D eigenvalue weighted by Crippen LogP contribution is -1.94. The Morgan fingerprint density at radius 2 is 2.06 bits per heavy atom. The lowest BCUT2D eigenvalue weighted by atomic mass is 10.1. The van der Waals surface area contributed by atoms with Gasteiger partial charge < -0.3 is 9.15 Å². The quantitative estimate of drug-likeness (QED) is 0.764. The van der Waals surface area contributed by atoms with Crippen molar-refractivity contribution in [3.63, 3.8) is 0 Å². The highest BCUT2D eigenvalue weighted by Gasteiger charge is 2.17. The van der Waals surface area contributed by atoms with Gasteiger partial charge in [-0.2, -0.15) is 0 Å². The molecule has 17 heavy (non-hydrogen) atoms. The molecule has 4 heteroatoms. The van der Waals surface area contributed by atoms with Crippen molar-refractivity contribution in [1.29, 1.82) is 0 Å². The molecule has 2 rings (SSSR count). The van der Waals surface area contributed by atoms with E-state index in [4.69, 9.17) is 20.8 Å². The molecule has 1 unspecified atom stereocenters. The number of rotatable bonds is 3. The summed E-state index contributed by atoms with van der Waals surface area (Å²) in [6, 6.07) is 7.59. The Labute approximate surface area is 114 Å². The van der Waals surface area contributed by atoms with Gasteiger partial charge in [-0.3, -0.25) is 0 Å². The Morgan fingerprint density at radius 3 is 2.59 bits per heavy atom. The average Bonchev–Trinajstić information content (AvgIpc) is 2.74. The average molecular weight is 316 g/mol. The first kappa shape index (κ1) is 12.5. The highest BCUT2D eigenvalue weighted by atomic mass is 79.9. The molecule has 0 saturated carbocycles. The van der Waals surface area contributed by atoms with Crippen LogP contribution in [-0.4, -0.2) is 7.11 Å². The molecule has 0 radical (unpaired) electrons. The van der Waals surface area contributed by atoms with E-state index in [-0.39, 0.29) is 4.83 Å². The molecule has 1 aromatic heterocycles. The van der Waals surface area contributed by atoms with Crippen LogP contribution in [0.25, 0.3) is 0 Å². The summed E-state index contributed by atoms with van der Waals surface area (Å²) < 4.78 is 10.4. The molecular formula is C13H12BrClO2. The number of benzene rings is 1. The topological polar surface area (TPSA) is 22.4 Å². The molecule has 1 heterocycles. The van der Waals surface area contributed by atoms with E-state index in [1.165, 1.54) is 0 Å². The van der Waals surface area contributed by atoms with E-state index in [0.717, 1.165) is 22.6 Å². The number of alkyl halides is 1. The van der Waals surface area contributed by atoms with Gasteiger partial charge in [-0.05, 0) is 30.7 Å². The van der Waals surface area contributed by atoms with Crippen molar-refractivity contribution in [3.8, 4) is 5.75 Å². The Balaban J connectivity index is 2.38. The van der Waals surface area contributed by atoms with Crippen molar-refractivity contribution in [2.24, 2.45) is 0 Å². The fraction of sp³-hybridized carbons (Fsp3) is 0.231. The van der Waals surface area contributed by atoms with Gasteiger partial charge in [0, 0.05) is 10.6 Å². The number of hydrogen-bond donors (Lipinski definition) is 0. The number of halogens is 2. The van der Waals surface area contributed by atoms with Gasteiger partial charge in [0.25, 0.3) is 0 Å². The van der Waals surface area contributed by atoms with Crippen molar-refractivity contribution in [2.75, 3.05) is 7.11 Å². The van der Waals surface area contributed by atoms with Gasteiger partial charge in [-0.1, -0.05) is 33.6 Å². The van der Waals surface area contributed by atoms with Crippen LogP contribution in [0.15, 0.2) is 34.9 Å². The predicted molar refractivity (Wildman–Crippen MR) is 72.2 cm³/mol. The van der Waals surface area contributed by atoms with Crippen LogP contribution in [0.3, 0.4) is 0 Å². The van der Waals surface area contributed by atoms with Gasteiger partial charge in [0.05, 0.1) is 18.2 Å². The minimum absolute atomic E-state index is 0.0275. The van der Waals surface area contributed by atoms with E-state index in [0.29, 0.717) is 5.02 Å². The highest BCUT2D eigenvalue weighted by molar-refractivity contribution is 9.09. The second-order valence-corrected chi connectivity index (χ2v) is 5.01. The van der Waals surface area contributed by atoms with E-state index >= 15 is 0 Å². The molecular weight excluding hydrogens is 303 g/mol. The van der Waals surface area contributed by atoms with E-state index in [9.17, 15) is 0 Å². The van der Waals surface area contributed by atoms with Crippen LogP contribution in [0.2, 0.25) is 5.02 Å². The van der Waals surface area contributed by atoms with Crippen LogP contribution < -0.4 is 4.74 Å². The van der Waals surface area contributed by atoms with Crippen LogP contribution in [0.4, 0.5) is 0 Å².